The Morgan fingerprint density at radius 1 is 1.12 bits per heavy atom. The lowest BCUT2D eigenvalue weighted by atomic mass is 10.1. The predicted octanol–water partition coefficient (Wildman–Crippen LogP) is 5.67. The smallest absolute Gasteiger partial charge is 0.162 e. The van der Waals surface area contributed by atoms with Crippen molar-refractivity contribution in [2.45, 2.75) is 52.4 Å². The molecule has 1 aliphatic heterocycles. The van der Waals surface area contributed by atoms with E-state index in [9.17, 15) is 0 Å². The summed E-state index contributed by atoms with van der Waals surface area (Å²) in [7, 11) is 0. The van der Waals surface area contributed by atoms with Crippen molar-refractivity contribution in [1.82, 2.24) is 14.6 Å². The number of anilines is 4. The van der Waals surface area contributed by atoms with Crippen molar-refractivity contribution in [2.24, 2.45) is 0 Å². The summed E-state index contributed by atoms with van der Waals surface area (Å²) >= 11 is 0. The minimum Gasteiger partial charge on any atom is -0.397 e. The summed E-state index contributed by atoms with van der Waals surface area (Å²) in [6, 6.07) is 10.5. The molecule has 1 saturated carbocycles. The second kappa shape index (κ2) is 11.2. The van der Waals surface area contributed by atoms with Crippen LogP contribution in [0.3, 0.4) is 0 Å². The second-order valence-corrected chi connectivity index (χ2v) is 8.67. The zero-order valence-electron chi connectivity index (χ0n) is 20.3. The largest absolute Gasteiger partial charge is 0.397 e. The first-order valence-electron chi connectivity index (χ1n) is 12.4. The highest BCUT2D eigenvalue weighted by Gasteiger charge is 2.18. The number of allylic oxidation sites excluding steroid dienone is 2. The van der Waals surface area contributed by atoms with E-state index in [-0.39, 0.29) is 6.61 Å². The fourth-order valence-electron chi connectivity index (χ4n) is 4.21. The standard InChI is InChI=1S/C25H30N6.C2H6O/c1-3-18-17-26-31-24(16-23(29-25(18)31)30-13-6-5-7-14-30)28-21-10-8-9-20(15-21)27-22(4-2)19-11-12-19;1-2-3/h4,8-10,15-17,27-28H,2-3,5-7,11-14H2,1H3;3H,2H2,1H3. The van der Waals surface area contributed by atoms with Gasteiger partial charge < -0.3 is 20.6 Å². The fraction of sp³-hybridized carbons (Fsp3) is 0.407. The fourth-order valence-corrected chi connectivity index (χ4v) is 4.21. The number of benzene rings is 1. The molecule has 3 heterocycles. The van der Waals surface area contributed by atoms with Crippen molar-refractivity contribution in [2.75, 3.05) is 35.2 Å². The summed E-state index contributed by atoms with van der Waals surface area (Å²) in [4.78, 5) is 7.38. The van der Waals surface area contributed by atoms with E-state index in [1.165, 1.54) is 43.2 Å². The van der Waals surface area contributed by atoms with Crippen LogP contribution in [0.1, 0.15) is 51.5 Å². The van der Waals surface area contributed by atoms with Crippen LogP contribution in [0, 0.1) is 0 Å². The van der Waals surface area contributed by atoms with Crippen LogP contribution >= 0.6 is 0 Å². The van der Waals surface area contributed by atoms with Gasteiger partial charge in [0, 0.05) is 48.4 Å². The Labute approximate surface area is 202 Å². The van der Waals surface area contributed by atoms with Crippen molar-refractivity contribution in [3.05, 3.63) is 66.0 Å². The molecule has 0 radical (unpaired) electrons. The topological polar surface area (TPSA) is 77.7 Å². The van der Waals surface area contributed by atoms with E-state index in [4.69, 9.17) is 10.1 Å². The van der Waals surface area contributed by atoms with E-state index in [2.05, 4.69) is 64.5 Å². The molecule has 0 spiro atoms. The molecule has 2 aliphatic rings. The lowest BCUT2D eigenvalue weighted by Crippen LogP contribution is -2.30. The van der Waals surface area contributed by atoms with Crippen LogP contribution in [0.5, 0.6) is 0 Å². The minimum atomic E-state index is 0.250. The number of nitrogens with zero attached hydrogens (tertiary/aromatic N) is 4. The third-order valence-electron chi connectivity index (χ3n) is 6.09. The highest BCUT2D eigenvalue weighted by atomic mass is 16.2. The average Bonchev–Trinajstić information content (AvgIpc) is 3.62. The van der Waals surface area contributed by atoms with Crippen LogP contribution in [-0.4, -0.2) is 39.4 Å². The van der Waals surface area contributed by atoms with Crippen LogP contribution in [0.2, 0.25) is 0 Å². The molecule has 3 aromatic rings. The molecule has 0 unspecified atom stereocenters. The molecular weight excluding hydrogens is 424 g/mol. The van der Waals surface area contributed by atoms with Gasteiger partial charge in [-0.25, -0.2) is 4.98 Å². The molecule has 0 atom stereocenters. The maximum atomic E-state index is 7.57. The average molecular weight is 461 g/mol. The van der Waals surface area contributed by atoms with Crippen molar-refractivity contribution < 1.29 is 5.11 Å². The number of nitrogens with one attached hydrogen (secondary N) is 2. The third kappa shape index (κ3) is 5.59. The van der Waals surface area contributed by atoms with E-state index in [0.29, 0.717) is 0 Å². The van der Waals surface area contributed by atoms with Gasteiger partial charge >= 0.3 is 0 Å². The Kier molecular flexibility index (Phi) is 7.85. The number of aryl methyl sites for hydroxylation is 1. The molecule has 7 nitrogen and oxygen atoms in total. The number of rotatable bonds is 7. The van der Waals surface area contributed by atoms with Gasteiger partial charge in [-0.1, -0.05) is 19.6 Å². The van der Waals surface area contributed by atoms with Gasteiger partial charge in [-0.2, -0.15) is 9.61 Å². The maximum absolute atomic E-state index is 7.57. The molecule has 180 valence electrons. The predicted molar refractivity (Wildman–Crippen MR) is 141 cm³/mol. The quantitative estimate of drug-likeness (QED) is 0.422. The van der Waals surface area contributed by atoms with E-state index in [0.717, 1.165) is 53.9 Å². The molecule has 2 aromatic heterocycles. The Bertz CT molecular complexity index is 1150. The molecule has 7 heteroatoms. The molecule has 5 rings (SSSR count). The molecular formula is C27H36N6O. The highest BCUT2D eigenvalue weighted by molar-refractivity contribution is 5.69. The van der Waals surface area contributed by atoms with Gasteiger partial charge in [-0.05, 0) is 75.3 Å². The molecule has 34 heavy (non-hydrogen) atoms. The number of piperidine rings is 1. The van der Waals surface area contributed by atoms with Gasteiger partial charge in [0.25, 0.3) is 0 Å². The van der Waals surface area contributed by atoms with E-state index in [1.807, 2.05) is 16.8 Å². The molecule has 1 saturated heterocycles. The first-order valence-corrected chi connectivity index (χ1v) is 12.4. The normalized spacial score (nSPS) is 14.9. The van der Waals surface area contributed by atoms with Crippen LogP contribution in [0.25, 0.3) is 5.65 Å². The number of aromatic nitrogens is 3. The summed E-state index contributed by atoms with van der Waals surface area (Å²) in [6.45, 7) is 10.2. The zero-order valence-corrected chi connectivity index (χ0v) is 20.3. The van der Waals surface area contributed by atoms with Crippen molar-refractivity contribution >= 4 is 28.7 Å². The molecule has 0 bridgehead atoms. The van der Waals surface area contributed by atoms with Crippen LogP contribution in [0.15, 0.2) is 60.5 Å². The van der Waals surface area contributed by atoms with Crippen LogP contribution in [0.4, 0.5) is 23.0 Å². The lowest BCUT2D eigenvalue weighted by molar-refractivity contribution is 0.318. The Morgan fingerprint density at radius 2 is 1.85 bits per heavy atom. The SMILES string of the molecule is C=CC(Nc1cccc(Nc2cc(N3CCCCC3)nc3c(CC)cnn23)c1)=C1CC1.CCO. The van der Waals surface area contributed by atoms with Gasteiger partial charge in [0.1, 0.15) is 11.6 Å². The van der Waals surface area contributed by atoms with E-state index < -0.39 is 0 Å². The van der Waals surface area contributed by atoms with Gasteiger partial charge in [0.15, 0.2) is 5.65 Å². The summed E-state index contributed by atoms with van der Waals surface area (Å²) < 4.78 is 1.92. The summed E-state index contributed by atoms with van der Waals surface area (Å²) in [6.07, 6.45) is 10.9. The number of aliphatic hydroxyl groups is 1. The summed E-state index contributed by atoms with van der Waals surface area (Å²) in [5, 5.41) is 19.3. The lowest BCUT2D eigenvalue weighted by Gasteiger charge is -2.28. The third-order valence-corrected chi connectivity index (χ3v) is 6.09. The molecule has 1 aromatic carbocycles. The van der Waals surface area contributed by atoms with Crippen molar-refractivity contribution in [3.63, 3.8) is 0 Å². The summed E-state index contributed by atoms with van der Waals surface area (Å²) in [5.41, 5.74) is 6.75. The van der Waals surface area contributed by atoms with Crippen molar-refractivity contribution in [3.8, 4) is 0 Å². The van der Waals surface area contributed by atoms with Gasteiger partial charge in [0.2, 0.25) is 0 Å². The number of fused-ring (bicyclic) bond motifs is 1. The van der Waals surface area contributed by atoms with E-state index >= 15 is 0 Å². The van der Waals surface area contributed by atoms with Crippen molar-refractivity contribution in [1.29, 1.82) is 0 Å². The molecule has 1 aliphatic carbocycles. The Hall–Kier alpha value is -3.32. The number of aliphatic hydroxyl groups excluding tert-OH is 1. The first kappa shape index (κ1) is 23.8. The molecule has 2 fully saturated rings. The van der Waals surface area contributed by atoms with E-state index in [1.54, 1.807) is 6.92 Å². The zero-order chi connectivity index (χ0) is 23.9. The monoisotopic (exact) mass is 460 g/mol. The highest BCUT2D eigenvalue weighted by Crippen LogP contribution is 2.33. The first-order chi connectivity index (χ1) is 16.7. The molecule has 3 N–H and O–H groups in total. The van der Waals surface area contributed by atoms with Gasteiger partial charge in [0.05, 0.1) is 6.20 Å². The Morgan fingerprint density at radius 3 is 2.53 bits per heavy atom. The minimum absolute atomic E-state index is 0.250. The maximum Gasteiger partial charge on any atom is 0.162 e. The second-order valence-electron chi connectivity index (χ2n) is 8.67. The molecule has 0 amide bonds. The van der Waals surface area contributed by atoms with Crippen LogP contribution < -0.4 is 15.5 Å². The van der Waals surface area contributed by atoms with Gasteiger partial charge in [-0.3, -0.25) is 0 Å². The number of hydrogen-bond donors (Lipinski definition) is 3. The van der Waals surface area contributed by atoms with Crippen LogP contribution in [-0.2, 0) is 6.42 Å². The summed E-state index contributed by atoms with van der Waals surface area (Å²) in [5.74, 6) is 1.97. The number of hydrogen-bond acceptors (Lipinski definition) is 6. The Balaban J connectivity index is 0.000000868. The van der Waals surface area contributed by atoms with Gasteiger partial charge in [-0.15, -0.1) is 0 Å².